The van der Waals surface area contributed by atoms with Crippen molar-refractivity contribution in [2.45, 2.75) is 5.38 Å². The van der Waals surface area contributed by atoms with E-state index < -0.39 is 5.38 Å². The summed E-state index contributed by atoms with van der Waals surface area (Å²) in [6.07, 6.45) is 0. The van der Waals surface area contributed by atoms with E-state index in [2.05, 4.69) is 15.9 Å². The molecule has 5 heteroatoms. The van der Waals surface area contributed by atoms with E-state index in [1.807, 2.05) is 12.1 Å². The van der Waals surface area contributed by atoms with Crippen LogP contribution in [0.2, 0.25) is 0 Å². The summed E-state index contributed by atoms with van der Waals surface area (Å²) in [6, 6.07) is 9.93. The maximum absolute atomic E-state index is 13.3. The van der Waals surface area contributed by atoms with Crippen LogP contribution in [0.5, 0.6) is 11.5 Å². The van der Waals surface area contributed by atoms with E-state index in [1.165, 1.54) is 12.1 Å². The second-order valence-electron chi connectivity index (χ2n) is 4.43. The van der Waals surface area contributed by atoms with Gasteiger partial charge in [0.25, 0.3) is 0 Å². The maximum atomic E-state index is 13.3. The molecule has 0 N–H and O–H groups in total. The number of rotatable bonds is 2. The lowest BCUT2D eigenvalue weighted by Gasteiger charge is -2.21. The van der Waals surface area contributed by atoms with E-state index in [9.17, 15) is 4.39 Å². The Hall–Kier alpha value is -1.26. The third-order valence-corrected chi connectivity index (χ3v) is 4.25. The van der Waals surface area contributed by atoms with Gasteiger partial charge >= 0.3 is 0 Å². The van der Waals surface area contributed by atoms with Gasteiger partial charge in [0.2, 0.25) is 0 Å². The Morgan fingerprint density at radius 1 is 1.10 bits per heavy atom. The average molecular weight is 358 g/mol. The zero-order valence-corrected chi connectivity index (χ0v) is 12.7. The first-order valence-electron chi connectivity index (χ1n) is 6.14. The molecule has 0 saturated heterocycles. The Bertz CT molecular complexity index is 648. The minimum Gasteiger partial charge on any atom is -0.486 e. The lowest BCUT2D eigenvalue weighted by molar-refractivity contribution is 0.171. The third-order valence-electron chi connectivity index (χ3n) is 3.08. The summed E-state index contributed by atoms with van der Waals surface area (Å²) in [6.45, 7) is 1.05. The zero-order valence-electron chi connectivity index (χ0n) is 10.4. The normalized spacial score (nSPS) is 14.9. The summed E-state index contributed by atoms with van der Waals surface area (Å²) in [7, 11) is 0. The number of fused-ring (bicyclic) bond motifs is 1. The van der Waals surface area contributed by atoms with E-state index in [0.29, 0.717) is 30.3 Å². The van der Waals surface area contributed by atoms with Crippen molar-refractivity contribution in [2.75, 3.05) is 13.2 Å². The summed E-state index contributed by atoms with van der Waals surface area (Å²) in [5, 5.41) is -0.462. The number of halogens is 3. The molecule has 0 amide bonds. The Balaban J connectivity index is 2.01. The SMILES string of the molecule is Fc1cccc(C(Cl)c2cc3c(cc2Br)OCCO3)c1. The van der Waals surface area contributed by atoms with Crippen molar-refractivity contribution in [3.8, 4) is 11.5 Å². The van der Waals surface area contributed by atoms with Crippen LogP contribution in [0, 0.1) is 5.82 Å². The van der Waals surface area contributed by atoms with Crippen molar-refractivity contribution in [1.82, 2.24) is 0 Å². The molecule has 1 unspecified atom stereocenters. The number of hydrogen-bond donors (Lipinski definition) is 0. The van der Waals surface area contributed by atoms with E-state index >= 15 is 0 Å². The highest BCUT2D eigenvalue weighted by Gasteiger charge is 2.20. The van der Waals surface area contributed by atoms with Crippen LogP contribution >= 0.6 is 27.5 Å². The summed E-state index contributed by atoms with van der Waals surface area (Å²) in [5.74, 6) is 1.05. The van der Waals surface area contributed by atoms with Crippen LogP contribution in [0.4, 0.5) is 4.39 Å². The minimum absolute atomic E-state index is 0.304. The lowest BCUT2D eigenvalue weighted by atomic mass is 10.0. The van der Waals surface area contributed by atoms with Gasteiger partial charge in [-0.2, -0.15) is 0 Å². The first kappa shape index (κ1) is 13.7. The van der Waals surface area contributed by atoms with Crippen LogP contribution in [0.1, 0.15) is 16.5 Å². The fraction of sp³-hybridized carbons (Fsp3) is 0.200. The number of benzene rings is 2. The second kappa shape index (κ2) is 5.62. The first-order chi connectivity index (χ1) is 9.65. The predicted octanol–water partition coefficient (Wildman–Crippen LogP) is 4.69. The standard InChI is InChI=1S/C15H11BrClFO2/c16-12-8-14-13(19-4-5-20-14)7-11(12)15(17)9-2-1-3-10(18)6-9/h1-3,6-8,15H,4-5H2. The molecule has 0 fully saturated rings. The molecule has 0 saturated carbocycles. The smallest absolute Gasteiger partial charge is 0.162 e. The van der Waals surface area contributed by atoms with Crippen LogP contribution in [0.15, 0.2) is 40.9 Å². The molecule has 1 atom stereocenters. The molecule has 0 aromatic heterocycles. The van der Waals surface area contributed by atoms with Gasteiger partial charge in [0, 0.05) is 4.47 Å². The molecule has 104 valence electrons. The van der Waals surface area contributed by atoms with Gasteiger partial charge in [-0.25, -0.2) is 4.39 Å². The molecule has 1 aliphatic rings. The molecule has 0 aliphatic carbocycles. The van der Waals surface area contributed by atoms with Gasteiger partial charge in [0.15, 0.2) is 11.5 Å². The van der Waals surface area contributed by atoms with E-state index in [1.54, 1.807) is 12.1 Å². The minimum atomic E-state index is -0.462. The lowest BCUT2D eigenvalue weighted by Crippen LogP contribution is -2.15. The summed E-state index contributed by atoms with van der Waals surface area (Å²) >= 11 is 9.94. The van der Waals surface area contributed by atoms with Crippen molar-refractivity contribution in [2.24, 2.45) is 0 Å². The van der Waals surface area contributed by atoms with E-state index in [-0.39, 0.29) is 5.82 Å². The third kappa shape index (κ3) is 2.63. The van der Waals surface area contributed by atoms with Crippen LogP contribution in [0.3, 0.4) is 0 Å². The largest absolute Gasteiger partial charge is 0.486 e. The van der Waals surface area contributed by atoms with E-state index in [0.717, 1.165) is 10.0 Å². The second-order valence-corrected chi connectivity index (χ2v) is 5.73. The van der Waals surface area contributed by atoms with Gasteiger partial charge in [-0.3, -0.25) is 0 Å². The Labute approximate surface area is 129 Å². The molecule has 3 rings (SSSR count). The summed E-state index contributed by atoms with van der Waals surface area (Å²) < 4.78 is 25.2. The van der Waals surface area contributed by atoms with Crippen molar-refractivity contribution in [3.63, 3.8) is 0 Å². The molecule has 2 aromatic carbocycles. The predicted molar refractivity (Wildman–Crippen MR) is 79.2 cm³/mol. The highest BCUT2D eigenvalue weighted by molar-refractivity contribution is 9.10. The van der Waals surface area contributed by atoms with Gasteiger partial charge in [-0.15, -0.1) is 11.6 Å². The molecule has 0 bridgehead atoms. The van der Waals surface area contributed by atoms with Crippen LogP contribution in [-0.4, -0.2) is 13.2 Å². The molecule has 0 radical (unpaired) electrons. The van der Waals surface area contributed by atoms with Crippen molar-refractivity contribution in [3.05, 3.63) is 57.8 Å². The van der Waals surface area contributed by atoms with Gasteiger partial charge in [0.1, 0.15) is 19.0 Å². The van der Waals surface area contributed by atoms with Crippen molar-refractivity contribution >= 4 is 27.5 Å². The average Bonchev–Trinajstić information content (AvgIpc) is 2.46. The van der Waals surface area contributed by atoms with Gasteiger partial charge in [-0.1, -0.05) is 28.1 Å². The first-order valence-corrected chi connectivity index (χ1v) is 7.36. The topological polar surface area (TPSA) is 18.5 Å². The molecule has 20 heavy (non-hydrogen) atoms. The zero-order chi connectivity index (χ0) is 14.1. The van der Waals surface area contributed by atoms with Gasteiger partial charge < -0.3 is 9.47 Å². The van der Waals surface area contributed by atoms with Crippen molar-refractivity contribution < 1.29 is 13.9 Å². The number of hydrogen-bond acceptors (Lipinski definition) is 2. The molecule has 1 aliphatic heterocycles. The Morgan fingerprint density at radius 3 is 2.50 bits per heavy atom. The van der Waals surface area contributed by atoms with E-state index in [4.69, 9.17) is 21.1 Å². The molecule has 0 spiro atoms. The Kier molecular flexibility index (Phi) is 3.85. The highest BCUT2D eigenvalue weighted by Crippen LogP contribution is 2.41. The van der Waals surface area contributed by atoms with Crippen LogP contribution in [-0.2, 0) is 0 Å². The van der Waals surface area contributed by atoms with Crippen LogP contribution in [0.25, 0.3) is 0 Å². The fourth-order valence-corrected chi connectivity index (χ4v) is 3.12. The molecule has 2 aromatic rings. The molecular formula is C15H11BrClFO2. The maximum Gasteiger partial charge on any atom is 0.162 e. The Morgan fingerprint density at radius 2 is 1.80 bits per heavy atom. The summed E-state index contributed by atoms with van der Waals surface area (Å²) in [5.41, 5.74) is 1.52. The van der Waals surface area contributed by atoms with Gasteiger partial charge in [0.05, 0.1) is 5.38 Å². The molecule has 1 heterocycles. The highest BCUT2D eigenvalue weighted by atomic mass is 79.9. The summed E-state index contributed by atoms with van der Waals surface area (Å²) in [4.78, 5) is 0. The fourth-order valence-electron chi connectivity index (χ4n) is 2.12. The number of ether oxygens (including phenoxy) is 2. The monoisotopic (exact) mass is 356 g/mol. The van der Waals surface area contributed by atoms with Gasteiger partial charge in [-0.05, 0) is 35.4 Å². The number of alkyl halides is 1. The molecule has 2 nitrogen and oxygen atoms in total. The quantitative estimate of drug-likeness (QED) is 0.726. The van der Waals surface area contributed by atoms with Crippen molar-refractivity contribution in [1.29, 1.82) is 0 Å². The molecular weight excluding hydrogens is 347 g/mol. The van der Waals surface area contributed by atoms with Crippen LogP contribution < -0.4 is 9.47 Å².